The summed E-state index contributed by atoms with van der Waals surface area (Å²) in [4.78, 5) is 0. The van der Waals surface area contributed by atoms with Gasteiger partial charge in [0.2, 0.25) is 0 Å². The van der Waals surface area contributed by atoms with E-state index in [4.69, 9.17) is 15.2 Å². The van der Waals surface area contributed by atoms with Crippen LogP contribution < -0.4 is 15.2 Å². The Labute approximate surface area is 124 Å². The van der Waals surface area contributed by atoms with E-state index >= 15 is 0 Å². The molecule has 0 spiro atoms. The Bertz CT molecular complexity index is 415. The third-order valence-electron chi connectivity index (χ3n) is 3.11. The van der Waals surface area contributed by atoms with Gasteiger partial charge in [-0.3, -0.25) is 0 Å². The summed E-state index contributed by atoms with van der Waals surface area (Å²) in [5, 5.41) is 0. The number of methoxy groups -OCH3 is 1. The summed E-state index contributed by atoms with van der Waals surface area (Å²) in [6, 6.07) is 5.70. The van der Waals surface area contributed by atoms with E-state index in [1.54, 1.807) is 7.11 Å². The van der Waals surface area contributed by atoms with Crippen LogP contribution in [0.4, 0.5) is 0 Å². The molecular weight excluding hydrogens is 306 g/mol. The standard InChI is InChI=1S/C15H24BrNO2/c1-6-12(17)14(15(2,3)4)19-13-8-7-10(18-5)9-11(13)16/h7-9,12,14H,6,17H2,1-5H3. The highest BCUT2D eigenvalue weighted by molar-refractivity contribution is 9.10. The van der Waals surface area contributed by atoms with Gasteiger partial charge < -0.3 is 15.2 Å². The van der Waals surface area contributed by atoms with Gasteiger partial charge >= 0.3 is 0 Å². The number of hydrogen-bond donors (Lipinski definition) is 1. The summed E-state index contributed by atoms with van der Waals surface area (Å²) in [5.41, 5.74) is 6.17. The van der Waals surface area contributed by atoms with Crippen LogP contribution in [0.1, 0.15) is 34.1 Å². The molecule has 4 heteroatoms. The SMILES string of the molecule is CCC(N)C(Oc1ccc(OC)cc1Br)C(C)(C)C. The summed E-state index contributed by atoms with van der Waals surface area (Å²) < 4.78 is 12.2. The minimum absolute atomic E-state index is 0.00833. The number of ether oxygens (including phenoxy) is 2. The highest BCUT2D eigenvalue weighted by atomic mass is 79.9. The minimum atomic E-state index is -0.0396. The summed E-state index contributed by atoms with van der Waals surface area (Å²) in [6.45, 7) is 8.51. The highest BCUT2D eigenvalue weighted by Gasteiger charge is 2.31. The molecule has 0 amide bonds. The number of nitrogens with two attached hydrogens (primary N) is 1. The highest BCUT2D eigenvalue weighted by Crippen LogP contribution is 2.34. The molecule has 0 heterocycles. The lowest BCUT2D eigenvalue weighted by Crippen LogP contribution is -2.47. The maximum Gasteiger partial charge on any atom is 0.134 e. The van der Waals surface area contributed by atoms with Gasteiger partial charge in [-0.15, -0.1) is 0 Å². The Morgan fingerprint density at radius 3 is 2.37 bits per heavy atom. The molecule has 1 aromatic rings. The molecule has 0 fully saturated rings. The zero-order valence-electron chi connectivity index (χ0n) is 12.4. The van der Waals surface area contributed by atoms with Gasteiger partial charge in [-0.25, -0.2) is 0 Å². The van der Waals surface area contributed by atoms with Crippen molar-refractivity contribution >= 4 is 15.9 Å². The molecule has 0 aliphatic heterocycles. The van der Waals surface area contributed by atoms with E-state index in [2.05, 4.69) is 43.6 Å². The summed E-state index contributed by atoms with van der Waals surface area (Å²) >= 11 is 3.51. The molecule has 0 radical (unpaired) electrons. The van der Waals surface area contributed by atoms with Crippen molar-refractivity contribution < 1.29 is 9.47 Å². The van der Waals surface area contributed by atoms with Crippen molar-refractivity contribution in [3.05, 3.63) is 22.7 Å². The van der Waals surface area contributed by atoms with E-state index in [-0.39, 0.29) is 17.6 Å². The molecule has 2 N–H and O–H groups in total. The lowest BCUT2D eigenvalue weighted by molar-refractivity contribution is 0.0614. The molecule has 0 aromatic heterocycles. The number of rotatable bonds is 5. The van der Waals surface area contributed by atoms with Crippen LogP contribution in [-0.2, 0) is 0 Å². The van der Waals surface area contributed by atoms with Crippen LogP contribution in [0.25, 0.3) is 0 Å². The van der Waals surface area contributed by atoms with Crippen molar-refractivity contribution in [2.45, 2.75) is 46.3 Å². The molecule has 0 aliphatic carbocycles. The molecule has 0 aliphatic rings. The van der Waals surface area contributed by atoms with Gasteiger partial charge in [-0.05, 0) is 40.5 Å². The Morgan fingerprint density at radius 2 is 1.95 bits per heavy atom. The van der Waals surface area contributed by atoms with Gasteiger partial charge in [0.1, 0.15) is 17.6 Å². The zero-order valence-corrected chi connectivity index (χ0v) is 14.0. The molecule has 108 valence electrons. The zero-order chi connectivity index (χ0) is 14.6. The van der Waals surface area contributed by atoms with Crippen molar-refractivity contribution in [2.75, 3.05) is 7.11 Å². The normalized spacial score (nSPS) is 14.9. The average Bonchev–Trinajstić information content (AvgIpc) is 2.34. The molecule has 1 rings (SSSR count). The van der Waals surface area contributed by atoms with E-state index in [0.717, 1.165) is 22.4 Å². The van der Waals surface area contributed by atoms with Crippen LogP contribution in [-0.4, -0.2) is 19.3 Å². The molecule has 19 heavy (non-hydrogen) atoms. The molecular formula is C15H24BrNO2. The lowest BCUT2D eigenvalue weighted by Gasteiger charge is -2.35. The molecule has 2 unspecified atom stereocenters. The Hall–Kier alpha value is -0.740. The molecule has 0 saturated carbocycles. The van der Waals surface area contributed by atoms with E-state index in [0.29, 0.717) is 0 Å². The molecule has 1 aromatic carbocycles. The van der Waals surface area contributed by atoms with Crippen LogP contribution in [0.15, 0.2) is 22.7 Å². The maximum atomic E-state index is 6.19. The van der Waals surface area contributed by atoms with Gasteiger partial charge in [0.15, 0.2) is 0 Å². The Balaban J connectivity index is 2.97. The third-order valence-corrected chi connectivity index (χ3v) is 3.73. The van der Waals surface area contributed by atoms with Crippen LogP contribution in [0.3, 0.4) is 0 Å². The smallest absolute Gasteiger partial charge is 0.134 e. The maximum absolute atomic E-state index is 6.19. The summed E-state index contributed by atoms with van der Waals surface area (Å²) in [7, 11) is 1.65. The van der Waals surface area contributed by atoms with E-state index in [1.807, 2.05) is 18.2 Å². The first-order chi connectivity index (χ1) is 8.79. The second-order valence-electron chi connectivity index (χ2n) is 5.77. The van der Waals surface area contributed by atoms with Crippen molar-refractivity contribution in [3.8, 4) is 11.5 Å². The molecule has 0 bridgehead atoms. The topological polar surface area (TPSA) is 44.5 Å². The average molecular weight is 330 g/mol. The number of benzene rings is 1. The number of hydrogen-bond acceptors (Lipinski definition) is 3. The second kappa shape index (κ2) is 6.62. The van der Waals surface area contributed by atoms with Crippen LogP contribution in [0, 0.1) is 5.41 Å². The van der Waals surface area contributed by atoms with Gasteiger partial charge in [0.25, 0.3) is 0 Å². The van der Waals surface area contributed by atoms with Crippen molar-refractivity contribution in [1.29, 1.82) is 0 Å². The first-order valence-electron chi connectivity index (χ1n) is 6.55. The van der Waals surface area contributed by atoms with E-state index in [1.165, 1.54) is 0 Å². The molecule has 2 atom stereocenters. The van der Waals surface area contributed by atoms with Crippen molar-refractivity contribution in [2.24, 2.45) is 11.1 Å². The van der Waals surface area contributed by atoms with Gasteiger partial charge in [-0.2, -0.15) is 0 Å². The van der Waals surface area contributed by atoms with Crippen LogP contribution >= 0.6 is 15.9 Å². The van der Waals surface area contributed by atoms with Crippen molar-refractivity contribution in [1.82, 2.24) is 0 Å². The van der Waals surface area contributed by atoms with Gasteiger partial charge in [-0.1, -0.05) is 27.7 Å². The van der Waals surface area contributed by atoms with E-state index in [9.17, 15) is 0 Å². The monoisotopic (exact) mass is 329 g/mol. The minimum Gasteiger partial charge on any atom is -0.497 e. The fourth-order valence-corrected chi connectivity index (χ4v) is 2.41. The van der Waals surface area contributed by atoms with Crippen LogP contribution in [0.5, 0.6) is 11.5 Å². The van der Waals surface area contributed by atoms with E-state index < -0.39 is 0 Å². The quantitative estimate of drug-likeness (QED) is 0.888. The fraction of sp³-hybridized carbons (Fsp3) is 0.600. The molecule has 3 nitrogen and oxygen atoms in total. The first-order valence-corrected chi connectivity index (χ1v) is 7.34. The summed E-state index contributed by atoms with van der Waals surface area (Å²) in [5.74, 6) is 1.59. The van der Waals surface area contributed by atoms with Gasteiger partial charge in [0, 0.05) is 11.5 Å². The van der Waals surface area contributed by atoms with Crippen LogP contribution in [0.2, 0.25) is 0 Å². The van der Waals surface area contributed by atoms with Crippen molar-refractivity contribution in [3.63, 3.8) is 0 Å². The Morgan fingerprint density at radius 1 is 1.32 bits per heavy atom. The lowest BCUT2D eigenvalue weighted by atomic mass is 9.84. The Kier molecular flexibility index (Phi) is 5.68. The predicted octanol–water partition coefficient (Wildman–Crippen LogP) is 3.99. The fourth-order valence-electron chi connectivity index (χ4n) is 1.96. The molecule has 0 saturated heterocycles. The first kappa shape index (κ1) is 16.3. The predicted molar refractivity (Wildman–Crippen MR) is 82.8 cm³/mol. The van der Waals surface area contributed by atoms with Gasteiger partial charge in [0.05, 0.1) is 11.6 Å². The second-order valence-corrected chi connectivity index (χ2v) is 6.63. The number of halogens is 1. The largest absolute Gasteiger partial charge is 0.497 e. The third kappa shape index (κ3) is 4.39. The summed E-state index contributed by atoms with van der Waals surface area (Å²) in [6.07, 6.45) is 0.845.